The summed E-state index contributed by atoms with van der Waals surface area (Å²) in [7, 11) is 1.81. The Kier molecular flexibility index (Phi) is 5.65. The molecule has 0 fully saturated rings. The molecule has 2 aromatic carbocycles. The molecule has 4 heteroatoms. The highest BCUT2D eigenvalue weighted by molar-refractivity contribution is 5.95. The zero-order valence-electron chi connectivity index (χ0n) is 16.3. The van der Waals surface area contributed by atoms with Gasteiger partial charge in [-0.25, -0.2) is 9.97 Å². The van der Waals surface area contributed by atoms with Gasteiger partial charge in [0.25, 0.3) is 5.91 Å². The normalized spacial score (nSPS) is 12.0. The summed E-state index contributed by atoms with van der Waals surface area (Å²) < 4.78 is 0. The molecule has 0 saturated carbocycles. The lowest BCUT2D eigenvalue weighted by Crippen LogP contribution is -2.30. The van der Waals surface area contributed by atoms with E-state index in [0.717, 1.165) is 11.3 Å². The highest BCUT2D eigenvalue weighted by Gasteiger charge is 2.20. The first-order valence-corrected chi connectivity index (χ1v) is 9.21. The van der Waals surface area contributed by atoms with Gasteiger partial charge in [0.2, 0.25) is 0 Å². The molecule has 0 unspecified atom stereocenters. The highest BCUT2D eigenvalue weighted by atomic mass is 16.2. The Morgan fingerprint density at radius 3 is 2.48 bits per heavy atom. The van der Waals surface area contributed by atoms with Crippen molar-refractivity contribution < 1.29 is 4.79 Å². The molecule has 0 radical (unpaired) electrons. The van der Waals surface area contributed by atoms with Gasteiger partial charge in [-0.15, -0.1) is 0 Å². The topological polar surface area (TPSA) is 46.1 Å². The smallest absolute Gasteiger partial charge is 0.254 e. The number of hydrogen-bond donors (Lipinski definition) is 0. The molecule has 1 atom stereocenters. The number of nitrogens with zero attached hydrogens (tertiary/aromatic N) is 3. The predicted molar refractivity (Wildman–Crippen MR) is 109 cm³/mol. The van der Waals surface area contributed by atoms with Gasteiger partial charge in [-0.1, -0.05) is 50.2 Å². The third kappa shape index (κ3) is 4.05. The summed E-state index contributed by atoms with van der Waals surface area (Å²) in [6.45, 7) is 6.34. The van der Waals surface area contributed by atoms with Crippen molar-refractivity contribution >= 4 is 5.91 Å². The van der Waals surface area contributed by atoms with E-state index >= 15 is 0 Å². The summed E-state index contributed by atoms with van der Waals surface area (Å²) >= 11 is 0. The van der Waals surface area contributed by atoms with Crippen LogP contribution in [0.5, 0.6) is 0 Å². The number of rotatable bonds is 5. The number of aromatic nitrogens is 2. The van der Waals surface area contributed by atoms with E-state index in [-0.39, 0.29) is 11.9 Å². The minimum absolute atomic E-state index is 0.0232. The molecule has 3 rings (SSSR count). The maximum atomic E-state index is 13.0. The van der Waals surface area contributed by atoms with Crippen LogP contribution in [-0.2, 0) is 0 Å². The fourth-order valence-electron chi connectivity index (χ4n) is 3.21. The van der Waals surface area contributed by atoms with Crippen LogP contribution >= 0.6 is 0 Å². The van der Waals surface area contributed by atoms with Crippen LogP contribution in [0.1, 0.15) is 54.3 Å². The SMILES string of the molecule is CC(C)c1ccccc1-c1cccc(C(=O)N(C)[C@@H](C)c2ccncn2)c1. The second-order valence-corrected chi connectivity index (χ2v) is 7.05. The van der Waals surface area contributed by atoms with E-state index in [4.69, 9.17) is 0 Å². The Bertz CT molecular complexity index is 922. The first-order chi connectivity index (χ1) is 13.0. The Hall–Kier alpha value is -3.01. The van der Waals surface area contributed by atoms with Gasteiger partial charge in [-0.3, -0.25) is 4.79 Å². The van der Waals surface area contributed by atoms with Gasteiger partial charge in [0.1, 0.15) is 6.33 Å². The van der Waals surface area contributed by atoms with Gasteiger partial charge in [0.15, 0.2) is 0 Å². The maximum absolute atomic E-state index is 13.0. The molecular weight excluding hydrogens is 334 g/mol. The van der Waals surface area contributed by atoms with Crippen LogP contribution in [0.3, 0.4) is 0 Å². The van der Waals surface area contributed by atoms with Crippen molar-refractivity contribution in [2.45, 2.75) is 32.7 Å². The Balaban J connectivity index is 1.91. The summed E-state index contributed by atoms with van der Waals surface area (Å²) in [5.74, 6) is 0.394. The average Bonchev–Trinajstić information content (AvgIpc) is 2.72. The number of benzene rings is 2. The van der Waals surface area contributed by atoms with Crippen LogP contribution < -0.4 is 0 Å². The molecule has 0 spiro atoms. The molecular formula is C23H25N3O. The van der Waals surface area contributed by atoms with E-state index in [1.54, 1.807) is 11.1 Å². The fourth-order valence-corrected chi connectivity index (χ4v) is 3.21. The number of amides is 1. The lowest BCUT2D eigenvalue weighted by atomic mass is 9.92. The molecule has 0 aliphatic carbocycles. The number of hydrogen-bond acceptors (Lipinski definition) is 3. The molecule has 0 N–H and O–H groups in total. The lowest BCUT2D eigenvalue weighted by molar-refractivity contribution is 0.0739. The molecule has 3 aromatic rings. The monoisotopic (exact) mass is 359 g/mol. The zero-order chi connectivity index (χ0) is 19.4. The van der Waals surface area contributed by atoms with Crippen LogP contribution in [0.2, 0.25) is 0 Å². The minimum Gasteiger partial charge on any atom is -0.333 e. The van der Waals surface area contributed by atoms with Crippen molar-refractivity contribution in [3.63, 3.8) is 0 Å². The summed E-state index contributed by atoms with van der Waals surface area (Å²) in [6.07, 6.45) is 3.20. The Labute approximate surface area is 160 Å². The van der Waals surface area contributed by atoms with Crippen LogP contribution in [0.25, 0.3) is 11.1 Å². The van der Waals surface area contributed by atoms with E-state index in [9.17, 15) is 4.79 Å². The van der Waals surface area contributed by atoms with Gasteiger partial charge < -0.3 is 4.90 Å². The molecule has 27 heavy (non-hydrogen) atoms. The van der Waals surface area contributed by atoms with Crippen molar-refractivity contribution in [3.05, 3.63) is 83.9 Å². The van der Waals surface area contributed by atoms with E-state index in [2.05, 4.69) is 48.1 Å². The second-order valence-electron chi connectivity index (χ2n) is 7.05. The van der Waals surface area contributed by atoms with Gasteiger partial charge >= 0.3 is 0 Å². The van der Waals surface area contributed by atoms with Crippen LogP contribution in [0.4, 0.5) is 0 Å². The molecule has 0 aliphatic rings. The summed E-state index contributed by atoms with van der Waals surface area (Å²) in [5, 5.41) is 0. The molecule has 1 heterocycles. The number of carbonyl (C=O) groups excluding carboxylic acids is 1. The standard InChI is InChI=1S/C23H25N3O/c1-16(2)20-10-5-6-11-21(20)18-8-7-9-19(14-18)23(27)26(4)17(3)22-12-13-24-15-25-22/h5-17H,1-4H3/t17-/m0/s1. The third-order valence-electron chi connectivity index (χ3n) is 4.94. The predicted octanol–water partition coefficient (Wildman–Crippen LogP) is 5.10. The van der Waals surface area contributed by atoms with E-state index < -0.39 is 0 Å². The van der Waals surface area contributed by atoms with Crippen LogP contribution in [-0.4, -0.2) is 27.8 Å². The summed E-state index contributed by atoms with van der Waals surface area (Å²) in [4.78, 5) is 23.0. The molecule has 1 amide bonds. The lowest BCUT2D eigenvalue weighted by Gasteiger charge is -2.24. The first-order valence-electron chi connectivity index (χ1n) is 9.21. The minimum atomic E-state index is -0.132. The summed E-state index contributed by atoms with van der Waals surface area (Å²) in [6, 6.07) is 17.9. The second kappa shape index (κ2) is 8.12. The Morgan fingerprint density at radius 2 is 1.78 bits per heavy atom. The van der Waals surface area contributed by atoms with Crippen molar-refractivity contribution in [2.75, 3.05) is 7.05 Å². The molecule has 1 aromatic heterocycles. The first kappa shape index (κ1) is 18.8. The molecule has 0 aliphatic heterocycles. The van der Waals surface area contributed by atoms with Crippen LogP contribution in [0, 0.1) is 0 Å². The van der Waals surface area contributed by atoms with E-state index in [1.807, 2.05) is 44.3 Å². The molecule has 4 nitrogen and oxygen atoms in total. The van der Waals surface area contributed by atoms with Crippen LogP contribution in [0.15, 0.2) is 67.1 Å². The average molecular weight is 359 g/mol. The maximum Gasteiger partial charge on any atom is 0.254 e. The molecule has 138 valence electrons. The summed E-state index contributed by atoms with van der Waals surface area (Å²) in [5.41, 5.74) is 5.02. The molecule has 0 saturated heterocycles. The number of carbonyl (C=O) groups is 1. The van der Waals surface area contributed by atoms with E-state index in [0.29, 0.717) is 11.5 Å². The van der Waals surface area contributed by atoms with Crippen molar-refractivity contribution in [1.82, 2.24) is 14.9 Å². The van der Waals surface area contributed by atoms with Crippen molar-refractivity contribution in [1.29, 1.82) is 0 Å². The van der Waals surface area contributed by atoms with Gasteiger partial charge in [-0.05, 0) is 47.7 Å². The van der Waals surface area contributed by atoms with Crippen molar-refractivity contribution in [2.24, 2.45) is 0 Å². The third-order valence-corrected chi connectivity index (χ3v) is 4.94. The zero-order valence-corrected chi connectivity index (χ0v) is 16.3. The quantitative estimate of drug-likeness (QED) is 0.637. The van der Waals surface area contributed by atoms with Gasteiger partial charge in [0.05, 0.1) is 11.7 Å². The highest BCUT2D eigenvalue weighted by Crippen LogP contribution is 2.30. The molecule has 0 bridgehead atoms. The van der Waals surface area contributed by atoms with Gasteiger partial charge in [0, 0.05) is 18.8 Å². The van der Waals surface area contributed by atoms with Crippen molar-refractivity contribution in [3.8, 4) is 11.1 Å². The largest absolute Gasteiger partial charge is 0.333 e. The van der Waals surface area contributed by atoms with Gasteiger partial charge in [-0.2, -0.15) is 0 Å². The van der Waals surface area contributed by atoms with E-state index in [1.165, 1.54) is 17.5 Å². The fraction of sp³-hybridized carbons (Fsp3) is 0.261. The Morgan fingerprint density at radius 1 is 1.00 bits per heavy atom.